The Morgan fingerprint density at radius 2 is 1.71 bits per heavy atom. The van der Waals surface area contributed by atoms with Gasteiger partial charge in [-0.2, -0.15) is 0 Å². The highest BCUT2D eigenvalue weighted by atomic mass is 16.5. The molecule has 3 aromatic rings. The van der Waals surface area contributed by atoms with Crippen molar-refractivity contribution in [2.24, 2.45) is 0 Å². The van der Waals surface area contributed by atoms with Crippen molar-refractivity contribution in [3.8, 4) is 17.0 Å². The average Bonchev–Trinajstić information content (AvgIpc) is 2.85. The van der Waals surface area contributed by atoms with Gasteiger partial charge in [-0.1, -0.05) is 33.8 Å². The molecule has 5 heteroatoms. The summed E-state index contributed by atoms with van der Waals surface area (Å²) in [5.74, 6) is 1.13. The fourth-order valence-corrected chi connectivity index (χ4v) is 4.27. The van der Waals surface area contributed by atoms with Gasteiger partial charge in [0.05, 0.1) is 23.9 Å². The van der Waals surface area contributed by atoms with Crippen LogP contribution >= 0.6 is 0 Å². The molecule has 0 aliphatic carbocycles. The summed E-state index contributed by atoms with van der Waals surface area (Å²) in [7, 11) is 1.65. The van der Waals surface area contributed by atoms with Crippen LogP contribution in [0.5, 0.6) is 5.75 Å². The lowest BCUT2D eigenvalue weighted by atomic mass is 9.97. The molecule has 1 heterocycles. The number of carbonyl (C=O) groups is 1. The largest absolute Gasteiger partial charge is 0.497 e. The lowest BCUT2D eigenvalue weighted by molar-refractivity contribution is 0.0953. The Balaban J connectivity index is 1.86. The van der Waals surface area contributed by atoms with Gasteiger partial charge in [0, 0.05) is 17.5 Å². The number of fused-ring (bicyclic) bond motifs is 1. The lowest BCUT2D eigenvalue weighted by Crippen LogP contribution is -2.31. The molecule has 34 heavy (non-hydrogen) atoms. The number of methoxy groups -OCH3 is 1. The van der Waals surface area contributed by atoms with Crippen molar-refractivity contribution in [3.05, 3.63) is 59.7 Å². The fourth-order valence-electron chi connectivity index (χ4n) is 4.27. The van der Waals surface area contributed by atoms with Crippen molar-refractivity contribution in [1.29, 1.82) is 0 Å². The number of nitrogens with zero attached hydrogens (tertiary/aromatic N) is 2. The van der Waals surface area contributed by atoms with Crippen molar-refractivity contribution >= 4 is 16.8 Å². The molecule has 0 spiro atoms. The Bertz CT molecular complexity index is 1070. The zero-order chi connectivity index (χ0) is 24.5. The van der Waals surface area contributed by atoms with Gasteiger partial charge in [0.2, 0.25) is 0 Å². The Hall–Kier alpha value is -2.92. The van der Waals surface area contributed by atoms with Gasteiger partial charge in [-0.15, -0.1) is 0 Å². The maximum absolute atomic E-state index is 13.3. The van der Waals surface area contributed by atoms with Crippen LogP contribution in [0.4, 0.5) is 0 Å². The van der Waals surface area contributed by atoms with E-state index in [0.29, 0.717) is 18.0 Å². The molecule has 0 bridgehead atoms. The van der Waals surface area contributed by atoms with E-state index in [1.54, 1.807) is 7.11 Å². The molecule has 0 radical (unpaired) electrons. The van der Waals surface area contributed by atoms with Crippen molar-refractivity contribution in [2.45, 2.75) is 52.9 Å². The number of ether oxygens (including phenoxy) is 1. The number of amides is 1. The first-order valence-corrected chi connectivity index (χ1v) is 12.6. The molecule has 0 saturated carbocycles. The molecule has 0 aliphatic rings. The second-order valence-corrected chi connectivity index (χ2v) is 9.17. The average molecular weight is 462 g/mol. The van der Waals surface area contributed by atoms with Crippen LogP contribution in [0.1, 0.15) is 68.8 Å². The van der Waals surface area contributed by atoms with Crippen molar-refractivity contribution < 1.29 is 9.53 Å². The Kier molecular flexibility index (Phi) is 9.46. The van der Waals surface area contributed by atoms with E-state index in [1.807, 2.05) is 36.4 Å². The first kappa shape index (κ1) is 25.7. The van der Waals surface area contributed by atoms with Gasteiger partial charge in [0.15, 0.2) is 0 Å². The first-order valence-electron chi connectivity index (χ1n) is 12.6. The smallest absolute Gasteiger partial charge is 0.252 e. The third-order valence-corrected chi connectivity index (χ3v) is 6.15. The maximum Gasteiger partial charge on any atom is 0.252 e. The van der Waals surface area contributed by atoms with E-state index in [4.69, 9.17) is 9.72 Å². The maximum atomic E-state index is 13.3. The number of pyridine rings is 1. The van der Waals surface area contributed by atoms with Gasteiger partial charge in [-0.25, -0.2) is 4.98 Å². The minimum atomic E-state index is -0.0411. The molecule has 0 atom stereocenters. The summed E-state index contributed by atoms with van der Waals surface area (Å²) in [5, 5.41) is 4.07. The summed E-state index contributed by atoms with van der Waals surface area (Å²) in [4.78, 5) is 20.7. The number of benzene rings is 2. The van der Waals surface area contributed by atoms with E-state index in [2.05, 4.69) is 50.0 Å². The normalized spacial score (nSPS) is 11.4. The summed E-state index contributed by atoms with van der Waals surface area (Å²) in [6.45, 7) is 12.6. The number of aromatic nitrogens is 1. The third kappa shape index (κ3) is 6.57. The molecule has 0 saturated heterocycles. The number of rotatable bonds is 12. The predicted octanol–water partition coefficient (Wildman–Crippen LogP) is 6.28. The van der Waals surface area contributed by atoms with Crippen molar-refractivity contribution in [3.63, 3.8) is 0 Å². The zero-order valence-electron chi connectivity index (χ0n) is 21.4. The first-order chi connectivity index (χ1) is 16.5. The lowest BCUT2D eigenvalue weighted by Gasteiger charge is -2.20. The highest BCUT2D eigenvalue weighted by Crippen LogP contribution is 2.28. The van der Waals surface area contributed by atoms with Gasteiger partial charge in [0.25, 0.3) is 5.91 Å². The fraction of sp³-hybridized carbons (Fsp3) is 0.448. The SMILES string of the molecule is CCCN(CCC)CCCNC(=O)c1cc(-c2ccc(OC)cc2)nc2ccc(C(C)C)cc12. The number of hydrogen-bond donors (Lipinski definition) is 1. The molecular formula is C29H39N3O2. The van der Waals surface area contributed by atoms with Crippen LogP contribution in [0.15, 0.2) is 48.5 Å². The molecule has 0 aliphatic heterocycles. The van der Waals surface area contributed by atoms with E-state index in [0.717, 1.165) is 66.8 Å². The number of hydrogen-bond acceptors (Lipinski definition) is 4. The molecule has 1 aromatic heterocycles. The van der Waals surface area contributed by atoms with Gasteiger partial charge >= 0.3 is 0 Å². The molecular weight excluding hydrogens is 422 g/mol. The van der Waals surface area contributed by atoms with Crippen molar-refractivity contribution in [2.75, 3.05) is 33.3 Å². The van der Waals surface area contributed by atoms with Crippen LogP contribution in [0.25, 0.3) is 22.2 Å². The molecule has 3 rings (SSSR count). The summed E-state index contributed by atoms with van der Waals surface area (Å²) in [6.07, 6.45) is 3.25. The quantitative estimate of drug-likeness (QED) is 0.323. The molecule has 0 unspecified atom stereocenters. The number of carbonyl (C=O) groups excluding carboxylic acids is 1. The highest BCUT2D eigenvalue weighted by Gasteiger charge is 2.15. The monoisotopic (exact) mass is 461 g/mol. The second kappa shape index (κ2) is 12.5. The van der Waals surface area contributed by atoms with Gasteiger partial charge in [-0.3, -0.25) is 4.79 Å². The van der Waals surface area contributed by atoms with Gasteiger partial charge < -0.3 is 15.0 Å². The third-order valence-electron chi connectivity index (χ3n) is 6.15. The van der Waals surface area contributed by atoms with Gasteiger partial charge in [-0.05, 0) is 92.8 Å². The Morgan fingerprint density at radius 1 is 1.00 bits per heavy atom. The van der Waals surface area contributed by atoms with E-state index in [1.165, 1.54) is 5.56 Å². The van der Waals surface area contributed by atoms with E-state index in [9.17, 15) is 4.79 Å². The number of nitrogens with one attached hydrogen (secondary N) is 1. The molecule has 0 fully saturated rings. The summed E-state index contributed by atoms with van der Waals surface area (Å²) in [5.41, 5.74) is 4.46. The van der Waals surface area contributed by atoms with Crippen LogP contribution in [0.3, 0.4) is 0 Å². The molecule has 1 N–H and O–H groups in total. The van der Waals surface area contributed by atoms with E-state index in [-0.39, 0.29) is 5.91 Å². The molecule has 1 amide bonds. The Labute approximate surface area is 204 Å². The molecule has 5 nitrogen and oxygen atoms in total. The minimum absolute atomic E-state index is 0.0411. The van der Waals surface area contributed by atoms with Crippen LogP contribution in [-0.2, 0) is 0 Å². The van der Waals surface area contributed by atoms with Crippen LogP contribution in [0.2, 0.25) is 0 Å². The van der Waals surface area contributed by atoms with Gasteiger partial charge in [0.1, 0.15) is 5.75 Å². The van der Waals surface area contributed by atoms with E-state index >= 15 is 0 Å². The standard InChI is InChI=1S/C29H39N3O2/c1-6-16-32(17-7-2)18-8-15-30-29(33)26-20-28(22-9-12-24(34-5)13-10-22)31-27-14-11-23(21(3)4)19-25(26)27/h9-14,19-21H,6-8,15-18H2,1-5H3,(H,30,33). The van der Waals surface area contributed by atoms with Crippen LogP contribution in [0, 0.1) is 0 Å². The topological polar surface area (TPSA) is 54.5 Å². The summed E-state index contributed by atoms with van der Waals surface area (Å²) < 4.78 is 5.29. The van der Waals surface area contributed by atoms with Crippen LogP contribution in [-0.4, -0.2) is 49.1 Å². The molecule has 182 valence electrons. The van der Waals surface area contributed by atoms with Crippen LogP contribution < -0.4 is 10.1 Å². The Morgan fingerprint density at radius 3 is 2.32 bits per heavy atom. The van der Waals surface area contributed by atoms with E-state index < -0.39 is 0 Å². The predicted molar refractivity (Wildman–Crippen MR) is 142 cm³/mol. The zero-order valence-corrected chi connectivity index (χ0v) is 21.4. The molecule has 2 aromatic carbocycles. The second-order valence-electron chi connectivity index (χ2n) is 9.17. The highest BCUT2D eigenvalue weighted by molar-refractivity contribution is 6.07. The summed E-state index contributed by atoms with van der Waals surface area (Å²) in [6, 6.07) is 16.0. The van der Waals surface area contributed by atoms with Crippen molar-refractivity contribution in [1.82, 2.24) is 15.2 Å². The summed E-state index contributed by atoms with van der Waals surface area (Å²) >= 11 is 0. The minimum Gasteiger partial charge on any atom is -0.497 e.